The van der Waals surface area contributed by atoms with E-state index in [1.165, 1.54) is 18.2 Å². The monoisotopic (exact) mass is 428 g/mol. The van der Waals surface area contributed by atoms with Gasteiger partial charge in [-0.2, -0.15) is 4.31 Å². The predicted octanol–water partition coefficient (Wildman–Crippen LogP) is 1.25. The molecule has 1 aliphatic rings. The van der Waals surface area contributed by atoms with Gasteiger partial charge in [0.25, 0.3) is 5.91 Å². The second kappa shape index (κ2) is 7.88. The van der Waals surface area contributed by atoms with Gasteiger partial charge in [-0.05, 0) is 24.3 Å². The Balaban J connectivity index is 1.66. The minimum Gasteiger partial charge on any atom is -0.468 e. The van der Waals surface area contributed by atoms with Gasteiger partial charge in [-0.25, -0.2) is 13.4 Å². The smallest absolute Gasteiger partial charge is 0.326 e. The lowest BCUT2D eigenvalue weighted by Crippen LogP contribution is -2.59. The Morgan fingerprint density at radius 3 is 2.63 bits per heavy atom. The summed E-state index contributed by atoms with van der Waals surface area (Å²) >= 11 is 0. The highest BCUT2D eigenvalue weighted by molar-refractivity contribution is 7.89. The molecule has 0 spiro atoms. The quantitative estimate of drug-likeness (QED) is 0.626. The number of carbonyl (C=O) groups is 2. The number of nitrogens with zero attached hydrogens (tertiary/aromatic N) is 3. The summed E-state index contributed by atoms with van der Waals surface area (Å²) in [5.74, 6) is -0.986. The summed E-state index contributed by atoms with van der Waals surface area (Å²) in [7, 11) is -2.84. The van der Waals surface area contributed by atoms with Gasteiger partial charge < -0.3 is 14.6 Å². The van der Waals surface area contributed by atoms with E-state index in [2.05, 4.69) is 9.97 Å². The fourth-order valence-electron chi connectivity index (χ4n) is 3.60. The van der Waals surface area contributed by atoms with E-state index in [9.17, 15) is 18.0 Å². The number of hydrogen-bond acceptors (Lipinski definition) is 6. The number of nitrogens with one attached hydrogen (secondary N) is 1. The molecule has 1 amide bonds. The van der Waals surface area contributed by atoms with Crippen molar-refractivity contribution in [3.63, 3.8) is 0 Å². The zero-order chi connectivity index (χ0) is 21.3. The summed E-state index contributed by atoms with van der Waals surface area (Å²) in [6, 6.07) is 10.8. The van der Waals surface area contributed by atoms with E-state index in [0.717, 1.165) is 4.31 Å². The van der Waals surface area contributed by atoms with Crippen molar-refractivity contribution in [3.8, 4) is 0 Å². The van der Waals surface area contributed by atoms with Crippen LogP contribution in [0.1, 0.15) is 10.4 Å². The lowest BCUT2D eigenvalue weighted by Gasteiger charge is -2.38. The molecule has 2 aromatic heterocycles. The van der Waals surface area contributed by atoms with Crippen LogP contribution in [0.4, 0.5) is 0 Å². The van der Waals surface area contributed by atoms with E-state index in [1.807, 2.05) is 0 Å². The van der Waals surface area contributed by atoms with E-state index in [4.69, 9.17) is 4.74 Å². The topological polar surface area (TPSA) is 113 Å². The maximum absolute atomic E-state index is 13.4. The molecule has 10 heteroatoms. The van der Waals surface area contributed by atoms with Crippen LogP contribution in [-0.4, -0.2) is 72.3 Å². The van der Waals surface area contributed by atoms with Crippen LogP contribution in [0.5, 0.6) is 0 Å². The SMILES string of the molecule is COC(=O)[C@@H]1CN(C(=O)c2ccccc2)CCN1S(=O)(=O)c1c[nH]c2ncccc12. The fourth-order valence-corrected chi connectivity index (χ4v) is 5.31. The highest BCUT2D eigenvalue weighted by Crippen LogP contribution is 2.28. The summed E-state index contributed by atoms with van der Waals surface area (Å²) < 4.78 is 32.8. The highest BCUT2D eigenvalue weighted by Gasteiger charge is 2.42. The molecule has 4 rings (SSSR count). The second-order valence-electron chi connectivity index (χ2n) is 6.82. The number of H-pyrrole nitrogens is 1. The summed E-state index contributed by atoms with van der Waals surface area (Å²) in [5.41, 5.74) is 0.906. The minimum absolute atomic E-state index is 0.0299. The van der Waals surface area contributed by atoms with Crippen LogP contribution in [-0.2, 0) is 19.6 Å². The number of benzene rings is 1. The van der Waals surface area contributed by atoms with Gasteiger partial charge in [0.2, 0.25) is 10.0 Å². The lowest BCUT2D eigenvalue weighted by atomic mass is 10.1. The van der Waals surface area contributed by atoms with Crippen LogP contribution >= 0.6 is 0 Å². The Kier molecular flexibility index (Phi) is 5.27. The van der Waals surface area contributed by atoms with E-state index in [0.29, 0.717) is 16.6 Å². The lowest BCUT2D eigenvalue weighted by molar-refractivity contribution is -0.146. The molecule has 3 aromatic rings. The molecule has 1 aromatic carbocycles. The number of methoxy groups -OCH3 is 1. The van der Waals surface area contributed by atoms with Gasteiger partial charge in [0.1, 0.15) is 16.6 Å². The third-order valence-corrected chi connectivity index (χ3v) is 7.06. The number of piperazine rings is 1. The number of rotatable bonds is 4. The fraction of sp³-hybridized carbons (Fsp3) is 0.250. The van der Waals surface area contributed by atoms with Crippen molar-refractivity contribution < 1.29 is 22.7 Å². The Morgan fingerprint density at radius 2 is 1.90 bits per heavy atom. The van der Waals surface area contributed by atoms with Gasteiger partial charge in [-0.3, -0.25) is 9.59 Å². The van der Waals surface area contributed by atoms with E-state index < -0.39 is 22.0 Å². The van der Waals surface area contributed by atoms with Crippen molar-refractivity contribution in [1.29, 1.82) is 0 Å². The highest BCUT2D eigenvalue weighted by atomic mass is 32.2. The molecular formula is C20H20N4O5S. The van der Waals surface area contributed by atoms with Gasteiger partial charge in [0, 0.05) is 43.0 Å². The van der Waals surface area contributed by atoms with Crippen LogP contribution in [0, 0.1) is 0 Å². The molecule has 0 bridgehead atoms. The first kappa shape index (κ1) is 20.0. The van der Waals surface area contributed by atoms with E-state index in [1.54, 1.807) is 48.7 Å². The largest absolute Gasteiger partial charge is 0.468 e. The Hall–Kier alpha value is -3.24. The zero-order valence-electron chi connectivity index (χ0n) is 16.2. The molecule has 0 radical (unpaired) electrons. The van der Waals surface area contributed by atoms with Crippen LogP contribution in [0.2, 0.25) is 0 Å². The number of aromatic amines is 1. The van der Waals surface area contributed by atoms with Crippen molar-refractivity contribution in [1.82, 2.24) is 19.2 Å². The molecule has 0 unspecified atom stereocenters. The van der Waals surface area contributed by atoms with Crippen molar-refractivity contribution in [2.75, 3.05) is 26.7 Å². The zero-order valence-corrected chi connectivity index (χ0v) is 17.0. The first-order valence-corrected chi connectivity index (χ1v) is 10.7. The van der Waals surface area contributed by atoms with Crippen molar-refractivity contribution in [2.24, 2.45) is 0 Å². The minimum atomic E-state index is -4.04. The van der Waals surface area contributed by atoms with Crippen LogP contribution in [0.25, 0.3) is 11.0 Å². The normalized spacial score (nSPS) is 17.8. The first-order valence-electron chi connectivity index (χ1n) is 9.29. The third-order valence-electron chi connectivity index (χ3n) is 5.11. The van der Waals surface area contributed by atoms with Crippen LogP contribution < -0.4 is 0 Å². The molecule has 9 nitrogen and oxygen atoms in total. The van der Waals surface area contributed by atoms with Crippen molar-refractivity contribution in [2.45, 2.75) is 10.9 Å². The van der Waals surface area contributed by atoms with Gasteiger partial charge in [0.15, 0.2) is 0 Å². The maximum atomic E-state index is 13.4. The molecule has 3 heterocycles. The van der Waals surface area contributed by atoms with Gasteiger partial charge in [0.05, 0.1) is 7.11 Å². The number of esters is 1. The molecule has 30 heavy (non-hydrogen) atoms. The molecule has 1 fully saturated rings. The standard InChI is InChI=1S/C20H20N4O5S/c1-29-20(26)16-13-23(19(25)14-6-3-2-4-7-14)10-11-24(16)30(27,28)17-12-22-18-15(17)8-5-9-21-18/h2-9,12,16H,10-11,13H2,1H3,(H,21,22)/t16-/m0/s1. The number of sulfonamides is 1. The number of fused-ring (bicyclic) bond motifs is 1. The molecule has 1 aliphatic heterocycles. The number of hydrogen-bond donors (Lipinski definition) is 1. The van der Waals surface area contributed by atoms with E-state index in [-0.39, 0.29) is 30.4 Å². The summed E-state index contributed by atoms with van der Waals surface area (Å²) in [6.07, 6.45) is 2.92. The summed E-state index contributed by atoms with van der Waals surface area (Å²) in [6.45, 7) is 0.0227. The van der Waals surface area contributed by atoms with Gasteiger partial charge in [-0.15, -0.1) is 0 Å². The second-order valence-corrected chi connectivity index (χ2v) is 8.68. The summed E-state index contributed by atoms with van der Waals surface area (Å²) in [4.78, 5) is 33.7. The van der Waals surface area contributed by atoms with Crippen LogP contribution in [0.3, 0.4) is 0 Å². The first-order chi connectivity index (χ1) is 14.4. The number of carbonyl (C=O) groups excluding carboxylic acids is 2. The Labute approximate surface area is 173 Å². The van der Waals surface area contributed by atoms with Gasteiger partial charge in [-0.1, -0.05) is 18.2 Å². The maximum Gasteiger partial charge on any atom is 0.326 e. The number of aromatic nitrogens is 2. The molecular weight excluding hydrogens is 408 g/mol. The number of ether oxygens (including phenoxy) is 1. The molecule has 156 valence electrons. The molecule has 1 atom stereocenters. The Bertz CT molecular complexity index is 1190. The van der Waals surface area contributed by atoms with Crippen molar-refractivity contribution >= 4 is 32.9 Å². The predicted molar refractivity (Wildman–Crippen MR) is 108 cm³/mol. The average molecular weight is 428 g/mol. The van der Waals surface area contributed by atoms with E-state index >= 15 is 0 Å². The molecule has 1 N–H and O–H groups in total. The van der Waals surface area contributed by atoms with Crippen molar-refractivity contribution in [3.05, 3.63) is 60.4 Å². The molecule has 1 saturated heterocycles. The Morgan fingerprint density at radius 1 is 1.13 bits per heavy atom. The molecule has 0 aliphatic carbocycles. The van der Waals surface area contributed by atoms with Crippen LogP contribution in [0.15, 0.2) is 59.8 Å². The summed E-state index contributed by atoms with van der Waals surface area (Å²) in [5, 5.41) is 0.434. The number of pyridine rings is 1. The number of amides is 1. The molecule has 0 saturated carbocycles. The average Bonchev–Trinajstić information content (AvgIpc) is 3.23. The third kappa shape index (κ3) is 3.44. The van der Waals surface area contributed by atoms with Gasteiger partial charge >= 0.3 is 5.97 Å².